The van der Waals surface area contributed by atoms with Gasteiger partial charge in [-0.2, -0.15) is 4.98 Å². The minimum Gasteiger partial charge on any atom is -0.461 e. The van der Waals surface area contributed by atoms with Crippen LogP contribution in [-0.2, 0) is 22.6 Å². The summed E-state index contributed by atoms with van der Waals surface area (Å²) in [5.41, 5.74) is 3.07. The first-order valence-corrected chi connectivity index (χ1v) is 9.68. The fourth-order valence-corrected chi connectivity index (χ4v) is 3.16. The van der Waals surface area contributed by atoms with Gasteiger partial charge in [0.05, 0.1) is 6.42 Å². The van der Waals surface area contributed by atoms with Crippen molar-refractivity contribution >= 4 is 16.9 Å². The van der Waals surface area contributed by atoms with Crippen molar-refractivity contribution in [1.29, 1.82) is 0 Å². The molecule has 0 amide bonds. The van der Waals surface area contributed by atoms with Gasteiger partial charge in [0.25, 0.3) is 0 Å². The summed E-state index contributed by atoms with van der Waals surface area (Å²) in [4.78, 5) is 28.3. The van der Waals surface area contributed by atoms with Crippen molar-refractivity contribution in [2.45, 2.75) is 33.3 Å². The number of carbonyl (C=O) groups excluding carboxylic acids is 1. The summed E-state index contributed by atoms with van der Waals surface area (Å²) in [5.74, 6) is -0.235. The molecule has 0 aliphatic rings. The third-order valence-corrected chi connectivity index (χ3v) is 5.02. The summed E-state index contributed by atoms with van der Waals surface area (Å²) < 4.78 is 28.8. The Morgan fingerprint density at radius 2 is 1.90 bits per heavy atom. The number of ether oxygens (including phenoxy) is 1. The second-order valence-corrected chi connectivity index (χ2v) is 7.15. The van der Waals surface area contributed by atoms with Crippen molar-refractivity contribution in [3.8, 4) is 11.4 Å². The van der Waals surface area contributed by atoms with Gasteiger partial charge in [-0.1, -0.05) is 17.3 Å². The van der Waals surface area contributed by atoms with Crippen LogP contribution < -0.4 is 5.63 Å². The second kappa shape index (κ2) is 8.51. The second-order valence-electron chi connectivity index (χ2n) is 7.15. The molecule has 2 heterocycles. The standard InChI is InChI=1S/C23H19FN2O5/c1-13-3-8-18-16(11-21(28)30-22(18)14(13)2)12-29-20(27)10-9-19-25-23(26-31-19)15-4-6-17(24)7-5-15/h3-8,11H,9-10,12H2,1-2H3. The Kier molecular flexibility index (Phi) is 5.62. The first kappa shape index (κ1) is 20.5. The first-order valence-electron chi connectivity index (χ1n) is 9.68. The minimum absolute atomic E-state index is 0.0303. The number of hydrogen-bond acceptors (Lipinski definition) is 7. The van der Waals surface area contributed by atoms with E-state index < -0.39 is 11.6 Å². The van der Waals surface area contributed by atoms with Gasteiger partial charge in [0.15, 0.2) is 0 Å². The third kappa shape index (κ3) is 4.53. The lowest BCUT2D eigenvalue weighted by molar-refractivity contribution is -0.145. The van der Waals surface area contributed by atoms with Gasteiger partial charge in [0.1, 0.15) is 18.0 Å². The number of nitrogens with zero attached hydrogens (tertiary/aromatic N) is 2. The van der Waals surface area contributed by atoms with Gasteiger partial charge in [0.2, 0.25) is 11.7 Å². The lowest BCUT2D eigenvalue weighted by Gasteiger charge is -2.09. The molecule has 0 fully saturated rings. The van der Waals surface area contributed by atoms with Crippen LogP contribution in [0, 0.1) is 19.7 Å². The van der Waals surface area contributed by atoms with E-state index in [4.69, 9.17) is 13.7 Å². The third-order valence-electron chi connectivity index (χ3n) is 5.02. The molecule has 0 atom stereocenters. The van der Waals surface area contributed by atoms with Crippen LogP contribution in [0.1, 0.15) is 29.0 Å². The fourth-order valence-electron chi connectivity index (χ4n) is 3.16. The van der Waals surface area contributed by atoms with Crippen LogP contribution in [0.3, 0.4) is 0 Å². The summed E-state index contributed by atoms with van der Waals surface area (Å²) in [6, 6.07) is 10.8. The van der Waals surface area contributed by atoms with Crippen LogP contribution in [0.15, 0.2) is 56.2 Å². The van der Waals surface area contributed by atoms with Gasteiger partial charge in [-0.15, -0.1) is 0 Å². The average molecular weight is 422 g/mol. The summed E-state index contributed by atoms with van der Waals surface area (Å²) in [6.45, 7) is 3.76. The van der Waals surface area contributed by atoms with Crippen molar-refractivity contribution in [2.24, 2.45) is 0 Å². The van der Waals surface area contributed by atoms with Crippen LogP contribution in [0.25, 0.3) is 22.4 Å². The molecule has 0 radical (unpaired) electrons. The Labute approximate surface area is 176 Å². The number of hydrogen-bond donors (Lipinski definition) is 0. The van der Waals surface area contributed by atoms with E-state index >= 15 is 0 Å². The highest BCUT2D eigenvalue weighted by atomic mass is 19.1. The molecule has 2 aromatic carbocycles. The zero-order chi connectivity index (χ0) is 22.0. The van der Waals surface area contributed by atoms with Crippen molar-refractivity contribution < 1.29 is 22.9 Å². The summed E-state index contributed by atoms with van der Waals surface area (Å²) >= 11 is 0. The van der Waals surface area contributed by atoms with E-state index in [9.17, 15) is 14.0 Å². The van der Waals surface area contributed by atoms with Crippen LogP contribution in [-0.4, -0.2) is 16.1 Å². The van der Waals surface area contributed by atoms with Crippen LogP contribution in [0.5, 0.6) is 0 Å². The quantitative estimate of drug-likeness (QED) is 0.338. The van der Waals surface area contributed by atoms with Gasteiger partial charge >= 0.3 is 11.6 Å². The van der Waals surface area contributed by atoms with Crippen LogP contribution in [0.4, 0.5) is 4.39 Å². The lowest BCUT2D eigenvalue weighted by atomic mass is 10.0. The molecule has 0 spiro atoms. The molecule has 0 unspecified atom stereocenters. The van der Waals surface area contributed by atoms with Crippen molar-refractivity contribution in [3.05, 3.63) is 81.3 Å². The average Bonchev–Trinajstić information content (AvgIpc) is 3.23. The Hall–Kier alpha value is -3.81. The molecule has 0 aliphatic heterocycles. The predicted molar refractivity (Wildman–Crippen MR) is 110 cm³/mol. The van der Waals surface area contributed by atoms with E-state index in [-0.39, 0.29) is 31.2 Å². The topological polar surface area (TPSA) is 95.4 Å². The molecule has 0 saturated carbocycles. The van der Waals surface area contributed by atoms with E-state index in [0.29, 0.717) is 22.5 Å². The highest BCUT2D eigenvalue weighted by molar-refractivity contribution is 5.84. The van der Waals surface area contributed by atoms with Gasteiger partial charge in [-0.05, 0) is 49.2 Å². The summed E-state index contributed by atoms with van der Waals surface area (Å²) in [5, 5.41) is 4.57. The summed E-state index contributed by atoms with van der Waals surface area (Å²) in [7, 11) is 0. The molecule has 0 bridgehead atoms. The number of fused-ring (bicyclic) bond motifs is 1. The minimum atomic E-state index is -0.494. The highest BCUT2D eigenvalue weighted by Crippen LogP contribution is 2.24. The van der Waals surface area contributed by atoms with E-state index in [2.05, 4.69) is 10.1 Å². The SMILES string of the molecule is Cc1ccc2c(COC(=O)CCc3nc(-c4ccc(F)cc4)no3)cc(=O)oc2c1C. The zero-order valence-electron chi connectivity index (χ0n) is 17.0. The van der Waals surface area contributed by atoms with Gasteiger partial charge in [-0.3, -0.25) is 4.79 Å². The van der Waals surface area contributed by atoms with E-state index in [0.717, 1.165) is 16.5 Å². The molecule has 2 aromatic heterocycles. The van der Waals surface area contributed by atoms with E-state index in [1.54, 1.807) is 12.1 Å². The number of rotatable bonds is 6. The maximum Gasteiger partial charge on any atom is 0.336 e. The fraction of sp³-hybridized carbons (Fsp3) is 0.217. The molecule has 4 rings (SSSR count). The zero-order valence-corrected chi connectivity index (χ0v) is 17.0. The normalized spacial score (nSPS) is 11.1. The van der Waals surface area contributed by atoms with Crippen molar-refractivity contribution in [3.63, 3.8) is 0 Å². The van der Waals surface area contributed by atoms with Crippen molar-refractivity contribution in [1.82, 2.24) is 10.1 Å². The van der Waals surface area contributed by atoms with Gasteiger partial charge in [0, 0.05) is 29.0 Å². The Morgan fingerprint density at radius 1 is 1.13 bits per heavy atom. The van der Waals surface area contributed by atoms with Crippen molar-refractivity contribution in [2.75, 3.05) is 0 Å². The number of aryl methyl sites for hydroxylation is 3. The van der Waals surface area contributed by atoms with Crippen LogP contribution >= 0.6 is 0 Å². The Morgan fingerprint density at radius 3 is 2.68 bits per heavy atom. The highest BCUT2D eigenvalue weighted by Gasteiger charge is 2.14. The number of halogens is 1. The lowest BCUT2D eigenvalue weighted by Crippen LogP contribution is -2.09. The Bertz CT molecular complexity index is 1310. The molecule has 158 valence electrons. The molecular weight excluding hydrogens is 403 g/mol. The molecule has 4 aromatic rings. The van der Waals surface area contributed by atoms with E-state index in [1.165, 1.54) is 18.2 Å². The molecule has 0 saturated heterocycles. The maximum absolute atomic E-state index is 13.0. The number of aromatic nitrogens is 2. The van der Waals surface area contributed by atoms with Gasteiger partial charge < -0.3 is 13.7 Å². The van der Waals surface area contributed by atoms with Gasteiger partial charge in [-0.25, -0.2) is 9.18 Å². The Balaban J connectivity index is 1.39. The molecule has 7 nitrogen and oxygen atoms in total. The molecule has 0 N–H and O–H groups in total. The monoisotopic (exact) mass is 422 g/mol. The maximum atomic E-state index is 13.0. The number of benzene rings is 2. The first-order chi connectivity index (χ1) is 14.9. The summed E-state index contributed by atoms with van der Waals surface area (Å²) in [6.07, 6.45) is 0.228. The molecule has 31 heavy (non-hydrogen) atoms. The predicted octanol–water partition coefficient (Wildman–Crippen LogP) is 4.27. The molecule has 8 heteroatoms. The van der Waals surface area contributed by atoms with Crippen LogP contribution in [0.2, 0.25) is 0 Å². The molecule has 0 aliphatic carbocycles. The smallest absolute Gasteiger partial charge is 0.336 e. The largest absolute Gasteiger partial charge is 0.461 e. The molecular formula is C23H19FN2O5. The number of carbonyl (C=O) groups is 1. The number of esters is 1. The van der Waals surface area contributed by atoms with E-state index in [1.807, 2.05) is 26.0 Å².